The van der Waals surface area contributed by atoms with Crippen LogP contribution in [0.3, 0.4) is 0 Å². The van der Waals surface area contributed by atoms with Gasteiger partial charge in [0.1, 0.15) is 11.6 Å². The maximum absolute atomic E-state index is 13.8. The van der Waals surface area contributed by atoms with Crippen molar-refractivity contribution in [2.75, 3.05) is 20.1 Å². The summed E-state index contributed by atoms with van der Waals surface area (Å²) in [5.74, 6) is 0.936. The van der Waals surface area contributed by atoms with Crippen LogP contribution in [0, 0.1) is 5.92 Å². The van der Waals surface area contributed by atoms with Crippen molar-refractivity contribution < 1.29 is 9.50 Å². The lowest BCUT2D eigenvalue weighted by atomic mass is 9.73. The van der Waals surface area contributed by atoms with Crippen molar-refractivity contribution in [3.05, 3.63) is 51.4 Å². The molecule has 2 unspecified atom stereocenters. The smallest absolute Gasteiger partial charge is 0.138 e. The van der Waals surface area contributed by atoms with Gasteiger partial charge in [-0.25, -0.2) is 4.39 Å². The summed E-state index contributed by atoms with van der Waals surface area (Å²) in [5.41, 5.74) is 3.63. The zero-order chi connectivity index (χ0) is 17.6. The van der Waals surface area contributed by atoms with E-state index in [1.54, 1.807) is 12.1 Å². The Hall–Kier alpha value is -1.33. The molecule has 134 valence electrons. The van der Waals surface area contributed by atoms with Gasteiger partial charge in [0.15, 0.2) is 0 Å². The number of nitrogens with zero attached hydrogens (tertiary/aromatic N) is 1. The van der Waals surface area contributed by atoms with Gasteiger partial charge in [0, 0.05) is 16.6 Å². The second-order valence-electron chi connectivity index (χ2n) is 7.56. The van der Waals surface area contributed by atoms with Crippen LogP contribution in [0.1, 0.15) is 36.3 Å². The first-order valence-corrected chi connectivity index (χ1v) is 9.84. The van der Waals surface area contributed by atoms with Crippen LogP contribution < -0.4 is 5.32 Å². The van der Waals surface area contributed by atoms with Gasteiger partial charge >= 0.3 is 0 Å². The number of phenolic OH excluding ortho intramolecular Hbond substituents is 1. The lowest BCUT2D eigenvalue weighted by molar-refractivity contribution is 0.187. The third-order valence-corrected chi connectivity index (χ3v) is 6.63. The van der Waals surface area contributed by atoms with Gasteiger partial charge in [-0.1, -0.05) is 15.9 Å². The molecule has 2 atom stereocenters. The Morgan fingerprint density at radius 1 is 1.24 bits per heavy atom. The molecule has 0 amide bonds. The largest absolute Gasteiger partial charge is 0.508 e. The van der Waals surface area contributed by atoms with E-state index in [2.05, 4.69) is 33.2 Å². The van der Waals surface area contributed by atoms with Crippen molar-refractivity contribution in [3.63, 3.8) is 0 Å². The second-order valence-corrected chi connectivity index (χ2v) is 8.41. The first-order valence-electron chi connectivity index (χ1n) is 9.05. The summed E-state index contributed by atoms with van der Waals surface area (Å²) in [5, 5.41) is 13.4. The number of halogens is 2. The van der Waals surface area contributed by atoms with Gasteiger partial charge in [0.05, 0.1) is 6.04 Å². The van der Waals surface area contributed by atoms with Crippen LogP contribution in [0.2, 0.25) is 0 Å². The van der Waals surface area contributed by atoms with Crippen LogP contribution in [0.5, 0.6) is 5.75 Å². The molecule has 0 aromatic heterocycles. The van der Waals surface area contributed by atoms with Crippen molar-refractivity contribution >= 4 is 15.9 Å². The molecule has 4 rings (SSSR count). The van der Waals surface area contributed by atoms with E-state index >= 15 is 0 Å². The monoisotopic (exact) mass is 406 g/mol. The van der Waals surface area contributed by atoms with E-state index in [9.17, 15) is 9.50 Å². The normalized spacial score (nSPS) is 27.5. The van der Waals surface area contributed by atoms with Gasteiger partial charge < -0.3 is 15.3 Å². The lowest BCUT2D eigenvalue weighted by Gasteiger charge is -2.40. The molecule has 1 saturated heterocycles. The van der Waals surface area contributed by atoms with Gasteiger partial charge in [-0.05, 0) is 86.6 Å². The number of aryl methyl sites for hydroxylation is 1. The molecule has 0 bridgehead atoms. The number of rotatable bonds is 1. The zero-order valence-electron chi connectivity index (χ0n) is 14.4. The number of phenols is 1. The van der Waals surface area contributed by atoms with E-state index in [-0.39, 0.29) is 17.8 Å². The number of likely N-dealkylation sites (tertiary alicyclic amines) is 1. The molecule has 1 aromatic rings. The number of allylic oxidation sites excluding steroid dienone is 2. The highest BCUT2D eigenvalue weighted by Gasteiger charge is 2.39. The van der Waals surface area contributed by atoms with Crippen LogP contribution in [-0.2, 0) is 6.42 Å². The molecule has 2 aliphatic heterocycles. The second kappa shape index (κ2) is 6.76. The van der Waals surface area contributed by atoms with Crippen LogP contribution >= 0.6 is 15.9 Å². The molecule has 1 aliphatic carbocycles. The summed E-state index contributed by atoms with van der Waals surface area (Å²) < 4.78 is 14.8. The Bertz CT molecular complexity index is 737. The standard InChI is InChI=1S/C20H24BrFN2O/c1-24-6-4-12(5-7-24)19-18-13(9-16(25)10-17(18)21)2-3-14-8-15(22)11-23-20(14)19/h8-12,19-20,23,25H,2-7H2,1H3. The lowest BCUT2D eigenvalue weighted by Crippen LogP contribution is -2.42. The summed E-state index contributed by atoms with van der Waals surface area (Å²) in [6.45, 7) is 2.20. The Morgan fingerprint density at radius 3 is 2.76 bits per heavy atom. The van der Waals surface area contributed by atoms with E-state index < -0.39 is 0 Å². The molecular weight excluding hydrogens is 383 g/mol. The van der Waals surface area contributed by atoms with Gasteiger partial charge in [0.25, 0.3) is 0 Å². The van der Waals surface area contributed by atoms with Gasteiger partial charge in [0.2, 0.25) is 0 Å². The number of aromatic hydroxyl groups is 1. The number of hydrogen-bond acceptors (Lipinski definition) is 3. The molecule has 25 heavy (non-hydrogen) atoms. The Balaban J connectivity index is 1.80. The molecule has 0 saturated carbocycles. The third-order valence-electron chi connectivity index (χ3n) is 5.97. The molecule has 5 heteroatoms. The number of hydrogen-bond donors (Lipinski definition) is 2. The van der Waals surface area contributed by atoms with Crippen LogP contribution in [0.15, 0.2) is 40.3 Å². The van der Waals surface area contributed by atoms with E-state index in [1.165, 1.54) is 17.3 Å². The molecule has 0 spiro atoms. The van der Waals surface area contributed by atoms with E-state index in [4.69, 9.17) is 0 Å². The fourth-order valence-corrected chi connectivity index (χ4v) is 5.48. The first-order chi connectivity index (χ1) is 12.0. The highest BCUT2D eigenvalue weighted by Crippen LogP contribution is 2.46. The molecule has 3 aliphatic rings. The summed E-state index contributed by atoms with van der Waals surface area (Å²) in [7, 11) is 2.17. The minimum absolute atomic E-state index is 0.134. The van der Waals surface area contributed by atoms with Crippen LogP contribution in [0.4, 0.5) is 4.39 Å². The van der Waals surface area contributed by atoms with Crippen LogP contribution in [-0.4, -0.2) is 36.2 Å². The average Bonchev–Trinajstić information content (AvgIpc) is 2.72. The number of fused-ring (bicyclic) bond motifs is 2. The summed E-state index contributed by atoms with van der Waals surface area (Å²) in [6, 6.07) is 3.83. The molecule has 0 radical (unpaired) electrons. The quantitative estimate of drug-likeness (QED) is 0.731. The number of piperidine rings is 1. The molecule has 1 fully saturated rings. The molecule has 2 heterocycles. The number of benzene rings is 1. The predicted octanol–water partition coefficient (Wildman–Crippen LogP) is 4.24. The summed E-state index contributed by atoms with van der Waals surface area (Å²) in [4.78, 5) is 2.38. The Kier molecular flexibility index (Phi) is 4.63. The summed E-state index contributed by atoms with van der Waals surface area (Å²) >= 11 is 3.71. The minimum Gasteiger partial charge on any atom is -0.508 e. The minimum atomic E-state index is -0.193. The Morgan fingerprint density at radius 2 is 2.00 bits per heavy atom. The Labute approximate surface area is 156 Å². The maximum Gasteiger partial charge on any atom is 0.138 e. The predicted molar refractivity (Wildman–Crippen MR) is 101 cm³/mol. The fraction of sp³-hybridized carbons (Fsp3) is 0.500. The van der Waals surface area contributed by atoms with Crippen molar-refractivity contribution in [3.8, 4) is 5.75 Å². The molecular formula is C20H24BrFN2O. The fourth-order valence-electron chi connectivity index (χ4n) is 4.73. The molecule has 3 nitrogen and oxygen atoms in total. The van der Waals surface area contributed by atoms with E-state index in [1.807, 2.05) is 6.07 Å². The topological polar surface area (TPSA) is 35.5 Å². The van der Waals surface area contributed by atoms with Gasteiger partial charge in [-0.15, -0.1) is 0 Å². The van der Waals surface area contributed by atoms with Crippen molar-refractivity contribution in [1.29, 1.82) is 0 Å². The summed E-state index contributed by atoms with van der Waals surface area (Å²) in [6.07, 6.45) is 7.17. The average molecular weight is 407 g/mol. The first kappa shape index (κ1) is 17.1. The third kappa shape index (κ3) is 3.24. The molecule has 2 N–H and O–H groups in total. The highest BCUT2D eigenvalue weighted by molar-refractivity contribution is 9.10. The van der Waals surface area contributed by atoms with Gasteiger partial charge in [-0.3, -0.25) is 0 Å². The number of dihydropyridines is 1. The highest BCUT2D eigenvalue weighted by atomic mass is 79.9. The zero-order valence-corrected chi connectivity index (χ0v) is 16.0. The van der Waals surface area contributed by atoms with Crippen molar-refractivity contribution in [2.24, 2.45) is 5.92 Å². The SMILES string of the molecule is CN1CCC(C2c3c(Br)cc(O)cc3CCC3=CC(F)=CNC32)CC1. The number of nitrogens with one attached hydrogen (secondary N) is 1. The van der Waals surface area contributed by atoms with E-state index in [0.29, 0.717) is 11.7 Å². The van der Waals surface area contributed by atoms with Crippen molar-refractivity contribution in [2.45, 2.75) is 37.6 Å². The molecule has 1 aromatic carbocycles. The van der Waals surface area contributed by atoms with Crippen molar-refractivity contribution in [1.82, 2.24) is 10.2 Å². The van der Waals surface area contributed by atoms with Crippen LogP contribution in [0.25, 0.3) is 0 Å². The maximum atomic E-state index is 13.8. The van der Waals surface area contributed by atoms with E-state index in [0.717, 1.165) is 48.8 Å². The van der Waals surface area contributed by atoms with Gasteiger partial charge in [-0.2, -0.15) is 0 Å².